The second-order valence-corrected chi connectivity index (χ2v) is 6.85. The molecule has 2 aliphatic heterocycles. The van der Waals surface area contributed by atoms with Crippen LogP contribution in [0.3, 0.4) is 0 Å². The molecule has 0 aromatic carbocycles. The number of rotatable bonds is 4. The lowest BCUT2D eigenvalue weighted by atomic mass is 9.95. The summed E-state index contributed by atoms with van der Waals surface area (Å²) in [6.07, 6.45) is 6.69. The molecule has 1 amide bonds. The van der Waals surface area contributed by atoms with E-state index < -0.39 is 0 Å². The number of likely N-dealkylation sites (tertiary alicyclic amines) is 2. The van der Waals surface area contributed by atoms with E-state index in [-0.39, 0.29) is 5.92 Å². The second kappa shape index (κ2) is 5.95. The van der Waals surface area contributed by atoms with Gasteiger partial charge in [-0.1, -0.05) is 0 Å². The molecular formula is C15H24N6O. The molecule has 0 atom stereocenters. The lowest BCUT2D eigenvalue weighted by Crippen LogP contribution is -2.41. The smallest absolute Gasteiger partial charge is 0.225 e. The molecule has 1 aliphatic carbocycles. The van der Waals surface area contributed by atoms with Crippen molar-refractivity contribution in [3.05, 3.63) is 5.82 Å². The normalized spacial score (nSPS) is 24.1. The molecule has 2 saturated heterocycles. The van der Waals surface area contributed by atoms with Crippen LogP contribution in [0.25, 0.3) is 0 Å². The lowest BCUT2D eigenvalue weighted by molar-refractivity contribution is -0.136. The molecule has 4 rings (SSSR count). The molecular weight excluding hydrogens is 280 g/mol. The van der Waals surface area contributed by atoms with Crippen LogP contribution >= 0.6 is 0 Å². The van der Waals surface area contributed by atoms with Crippen LogP contribution in [0.1, 0.15) is 50.4 Å². The van der Waals surface area contributed by atoms with E-state index in [1.54, 1.807) is 0 Å². The first kappa shape index (κ1) is 14.1. The number of carbonyl (C=O) groups is 1. The number of nitrogens with zero attached hydrogens (tertiary/aromatic N) is 6. The quantitative estimate of drug-likeness (QED) is 0.825. The average Bonchev–Trinajstić information content (AvgIpc) is 3.05. The van der Waals surface area contributed by atoms with Gasteiger partial charge in [-0.2, -0.15) is 0 Å². The summed E-state index contributed by atoms with van der Waals surface area (Å²) in [4.78, 5) is 16.9. The highest BCUT2D eigenvalue weighted by atomic mass is 16.2. The van der Waals surface area contributed by atoms with Gasteiger partial charge in [-0.3, -0.25) is 9.69 Å². The van der Waals surface area contributed by atoms with Crippen molar-refractivity contribution in [1.29, 1.82) is 0 Å². The highest BCUT2D eigenvalue weighted by molar-refractivity contribution is 5.79. The molecule has 0 spiro atoms. The maximum Gasteiger partial charge on any atom is 0.225 e. The van der Waals surface area contributed by atoms with Crippen LogP contribution in [0, 0.1) is 5.92 Å². The van der Waals surface area contributed by atoms with E-state index in [4.69, 9.17) is 0 Å². The van der Waals surface area contributed by atoms with Gasteiger partial charge in [0.05, 0.1) is 12.6 Å². The van der Waals surface area contributed by atoms with E-state index in [1.165, 1.54) is 25.7 Å². The van der Waals surface area contributed by atoms with Gasteiger partial charge >= 0.3 is 0 Å². The SMILES string of the molecule is O=C(C1CCN(Cc2nnnn2C2CC2)CC1)N1CCCC1. The van der Waals surface area contributed by atoms with Crippen molar-refractivity contribution >= 4 is 5.91 Å². The van der Waals surface area contributed by atoms with Crippen molar-refractivity contribution in [3.63, 3.8) is 0 Å². The molecule has 3 heterocycles. The molecule has 120 valence electrons. The van der Waals surface area contributed by atoms with Gasteiger partial charge in [0, 0.05) is 19.0 Å². The van der Waals surface area contributed by atoms with E-state index in [2.05, 4.69) is 25.3 Å². The number of piperidine rings is 1. The summed E-state index contributed by atoms with van der Waals surface area (Å²) >= 11 is 0. The molecule has 0 radical (unpaired) electrons. The molecule has 1 saturated carbocycles. The topological polar surface area (TPSA) is 67.2 Å². The van der Waals surface area contributed by atoms with Crippen molar-refractivity contribution in [2.24, 2.45) is 5.92 Å². The van der Waals surface area contributed by atoms with E-state index in [0.717, 1.165) is 51.4 Å². The molecule has 1 aromatic heterocycles. The number of hydrogen-bond donors (Lipinski definition) is 0. The molecule has 3 aliphatic rings. The van der Waals surface area contributed by atoms with E-state index in [1.807, 2.05) is 4.68 Å². The second-order valence-electron chi connectivity index (χ2n) is 6.85. The first-order chi connectivity index (χ1) is 10.8. The van der Waals surface area contributed by atoms with Gasteiger partial charge in [-0.15, -0.1) is 5.10 Å². The van der Waals surface area contributed by atoms with E-state index >= 15 is 0 Å². The molecule has 3 fully saturated rings. The van der Waals surface area contributed by atoms with Crippen LogP contribution in [0.5, 0.6) is 0 Å². The Morgan fingerprint density at radius 3 is 2.45 bits per heavy atom. The summed E-state index contributed by atoms with van der Waals surface area (Å²) in [5, 5.41) is 12.1. The van der Waals surface area contributed by atoms with Crippen LogP contribution in [-0.2, 0) is 11.3 Å². The largest absolute Gasteiger partial charge is 0.342 e. The Morgan fingerprint density at radius 2 is 1.77 bits per heavy atom. The molecule has 22 heavy (non-hydrogen) atoms. The lowest BCUT2D eigenvalue weighted by Gasteiger charge is -2.32. The zero-order valence-corrected chi connectivity index (χ0v) is 13.0. The predicted molar refractivity (Wildman–Crippen MR) is 79.9 cm³/mol. The van der Waals surface area contributed by atoms with Crippen molar-refractivity contribution in [1.82, 2.24) is 30.0 Å². The third-order valence-corrected chi connectivity index (χ3v) is 5.17. The van der Waals surface area contributed by atoms with E-state index in [9.17, 15) is 4.79 Å². The van der Waals surface area contributed by atoms with Crippen LogP contribution in [0.15, 0.2) is 0 Å². The Kier molecular flexibility index (Phi) is 3.82. The van der Waals surface area contributed by atoms with Crippen molar-refractivity contribution in [3.8, 4) is 0 Å². The summed E-state index contributed by atoms with van der Waals surface area (Å²) in [6.45, 7) is 4.70. The minimum Gasteiger partial charge on any atom is -0.342 e. The van der Waals surface area contributed by atoms with Gasteiger partial charge in [0.15, 0.2) is 5.82 Å². The molecule has 7 heteroatoms. The van der Waals surface area contributed by atoms with Crippen LogP contribution in [0.4, 0.5) is 0 Å². The zero-order valence-electron chi connectivity index (χ0n) is 13.0. The van der Waals surface area contributed by atoms with Gasteiger partial charge in [0.2, 0.25) is 5.91 Å². The Bertz CT molecular complexity index is 526. The van der Waals surface area contributed by atoms with Crippen molar-refractivity contribution in [2.75, 3.05) is 26.2 Å². The third kappa shape index (κ3) is 2.86. The number of carbonyl (C=O) groups excluding carboxylic acids is 1. The fourth-order valence-electron chi connectivity index (χ4n) is 3.65. The monoisotopic (exact) mass is 304 g/mol. The van der Waals surface area contributed by atoms with Gasteiger partial charge in [-0.25, -0.2) is 4.68 Å². The Hall–Kier alpha value is -1.50. The zero-order chi connectivity index (χ0) is 14.9. The van der Waals surface area contributed by atoms with Crippen LogP contribution < -0.4 is 0 Å². The average molecular weight is 304 g/mol. The minimum absolute atomic E-state index is 0.230. The molecule has 7 nitrogen and oxygen atoms in total. The molecule has 0 N–H and O–H groups in total. The van der Waals surface area contributed by atoms with Gasteiger partial charge in [-0.05, 0) is 62.0 Å². The highest BCUT2D eigenvalue weighted by Crippen LogP contribution is 2.34. The summed E-state index contributed by atoms with van der Waals surface area (Å²) in [5.74, 6) is 1.60. The first-order valence-corrected chi connectivity index (χ1v) is 8.59. The van der Waals surface area contributed by atoms with E-state index in [0.29, 0.717) is 11.9 Å². The number of hydrogen-bond acceptors (Lipinski definition) is 5. The molecule has 0 bridgehead atoms. The minimum atomic E-state index is 0.230. The fraction of sp³-hybridized carbons (Fsp3) is 0.867. The highest BCUT2D eigenvalue weighted by Gasteiger charge is 2.32. The molecule has 1 aromatic rings. The number of tetrazole rings is 1. The van der Waals surface area contributed by atoms with Crippen LogP contribution in [-0.4, -0.2) is 62.1 Å². The van der Waals surface area contributed by atoms with Crippen molar-refractivity contribution in [2.45, 2.75) is 51.1 Å². The Morgan fingerprint density at radius 1 is 1.05 bits per heavy atom. The van der Waals surface area contributed by atoms with Gasteiger partial charge < -0.3 is 4.90 Å². The number of aromatic nitrogens is 4. The summed E-state index contributed by atoms with van der Waals surface area (Å²) in [7, 11) is 0. The van der Waals surface area contributed by atoms with Gasteiger partial charge in [0.25, 0.3) is 0 Å². The fourth-order valence-corrected chi connectivity index (χ4v) is 3.65. The maximum absolute atomic E-state index is 12.4. The molecule has 0 unspecified atom stereocenters. The first-order valence-electron chi connectivity index (χ1n) is 8.59. The standard InChI is InChI=1S/C15H24N6O/c22-15(20-7-1-2-8-20)12-5-9-19(10-6-12)11-14-16-17-18-21(14)13-3-4-13/h12-13H,1-11H2. The van der Waals surface area contributed by atoms with Gasteiger partial charge in [0.1, 0.15) is 0 Å². The Balaban J connectivity index is 1.30. The Labute approximate surface area is 130 Å². The summed E-state index contributed by atoms with van der Waals surface area (Å²) in [5.41, 5.74) is 0. The third-order valence-electron chi connectivity index (χ3n) is 5.17. The summed E-state index contributed by atoms with van der Waals surface area (Å²) in [6, 6.07) is 0.527. The number of amides is 1. The predicted octanol–water partition coefficient (Wildman–Crippen LogP) is 0.842. The van der Waals surface area contributed by atoms with Crippen molar-refractivity contribution < 1.29 is 4.79 Å². The maximum atomic E-state index is 12.4. The summed E-state index contributed by atoms with van der Waals surface area (Å²) < 4.78 is 1.99. The van der Waals surface area contributed by atoms with Crippen LogP contribution in [0.2, 0.25) is 0 Å².